The number of hydrogen-bond donors (Lipinski definition) is 3. The molecule has 7 heteroatoms. The van der Waals surface area contributed by atoms with Crippen LogP contribution >= 0.6 is 0 Å². The summed E-state index contributed by atoms with van der Waals surface area (Å²) in [6.07, 6.45) is 2.36. The summed E-state index contributed by atoms with van der Waals surface area (Å²) in [6, 6.07) is 0.467. The molecule has 0 aliphatic carbocycles. The minimum Gasteiger partial charge on any atom is -0.383 e. The number of methoxy groups -OCH3 is 1. The van der Waals surface area contributed by atoms with Gasteiger partial charge in [-0.3, -0.25) is 14.5 Å². The van der Waals surface area contributed by atoms with Crippen LogP contribution in [0, 0.1) is 0 Å². The molecule has 2 amide bonds. The summed E-state index contributed by atoms with van der Waals surface area (Å²) in [4.78, 5) is 24.7. The van der Waals surface area contributed by atoms with Gasteiger partial charge in [0.15, 0.2) is 0 Å². The highest BCUT2D eigenvalue weighted by Gasteiger charge is 2.19. The Bertz CT molecular complexity index is 319. The lowest BCUT2D eigenvalue weighted by Gasteiger charge is -2.24. The quantitative estimate of drug-likeness (QED) is 0.448. The van der Waals surface area contributed by atoms with Gasteiger partial charge in [0.1, 0.15) is 0 Å². The molecule has 1 unspecified atom stereocenters. The first-order valence-corrected chi connectivity index (χ1v) is 7.57. The number of rotatable bonds is 10. The second-order valence-corrected chi connectivity index (χ2v) is 5.35. The first kappa shape index (κ1) is 17.9. The molecular weight excluding hydrogens is 272 g/mol. The third kappa shape index (κ3) is 8.64. The van der Waals surface area contributed by atoms with E-state index in [1.807, 2.05) is 0 Å². The van der Waals surface area contributed by atoms with E-state index >= 15 is 0 Å². The molecule has 0 aromatic heterocycles. The van der Waals surface area contributed by atoms with Crippen molar-refractivity contribution in [3.05, 3.63) is 0 Å². The maximum absolute atomic E-state index is 11.9. The summed E-state index contributed by atoms with van der Waals surface area (Å²) in [5.74, 6) is -0.104. The van der Waals surface area contributed by atoms with Gasteiger partial charge in [0.25, 0.3) is 0 Å². The number of carbonyl (C=O) groups excluding carboxylic acids is 2. The number of amides is 2. The average molecular weight is 300 g/mol. The van der Waals surface area contributed by atoms with Crippen molar-refractivity contribution in [1.82, 2.24) is 20.9 Å². The second-order valence-electron chi connectivity index (χ2n) is 5.35. The topological polar surface area (TPSA) is 82.7 Å². The van der Waals surface area contributed by atoms with Crippen molar-refractivity contribution in [2.45, 2.75) is 25.8 Å². The van der Waals surface area contributed by atoms with Crippen LogP contribution in [0.3, 0.4) is 0 Å². The van der Waals surface area contributed by atoms with Crippen molar-refractivity contribution in [3.8, 4) is 0 Å². The molecule has 3 N–H and O–H groups in total. The first-order valence-electron chi connectivity index (χ1n) is 7.57. The van der Waals surface area contributed by atoms with Gasteiger partial charge in [0, 0.05) is 46.3 Å². The van der Waals surface area contributed by atoms with E-state index in [9.17, 15) is 9.59 Å². The van der Waals surface area contributed by atoms with Gasteiger partial charge >= 0.3 is 0 Å². The Morgan fingerprint density at radius 2 is 2.10 bits per heavy atom. The molecule has 0 saturated carbocycles. The fourth-order valence-electron chi connectivity index (χ4n) is 2.38. The SMILES string of the molecule is COCCN(CC(=O)NCCNC(C)=O)CC1CCCN1. The Morgan fingerprint density at radius 1 is 1.33 bits per heavy atom. The molecule has 1 aliphatic rings. The molecule has 122 valence electrons. The van der Waals surface area contributed by atoms with Crippen LogP contribution in [0.4, 0.5) is 0 Å². The van der Waals surface area contributed by atoms with Crippen LogP contribution in [-0.2, 0) is 14.3 Å². The molecule has 1 heterocycles. The van der Waals surface area contributed by atoms with Gasteiger partial charge < -0.3 is 20.7 Å². The Morgan fingerprint density at radius 3 is 2.71 bits per heavy atom. The van der Waals surface area contributed by atoms with E-state index in [1.165, 1.54) is 13.3 Å². The number of hydrogen-bond acceptors (Lipinski definition) is 5. The lowest BCUT2D eigenvalue weighted by atomic mass is 10.2. The van der Waals surface area contributed by atoms with Gasteiger partial charge in [-0.05, 0) is 19.4 Å². The smallest absolute Gasteiger partial charge is 0.234 e. The zero-order valence-electron chi connectivity index (χ0n) is 13.1. The Balaban J connectivity index is 2.25. The minimum atomic E-state index is -0.0849. The molecule has 0 spiro atoms. The Hall–Kier alpha value is -1.18. The predicted octanol–water partition coefficient (Wildman–Crippen LogP) is -1.06. The van der Waals surface area contributed by atoms with Crippen LogP contribution in [0.15, 0.2) is 0 Å². The van der Waals surface area contributed by atoms with Crippen LogP contribution in [0.2, 0.25) is 0 Å². The molecule has 21 heavy (non-hydrogen) atoms. The normalized spacial score (nSPS) is 18.0. The molecule has 0 radical (unpaired) electrons. The zero-order valence-corrected chi connectivity index (χ0v) is 13.1. The second kappa shape index (κ2) is 10.5. The largest absolute Gasteiger partial charge is 0.383 e. The molecule has 1 atom stereocenters. The summed E-state index contributed by atoms with van der Waals surface area (Å²) in [5, 5.41) is 8.90. The van der Waals surface area contributed by atoms with E-state index in [0.29, 0.717) is 32.3 Å². The van der Waals surface area contributed by atoms with Crippen LogP contribution < -0.4 is 16.0 Å². The van der Waals surface area contributed by atoms with E-state index in [2.05, 4.69) is 20.9 Å². The van der Waals surface area contributed by atoms with Crippen molar-refractivity contribution in [1.29, 1.82) is 0 Å². The molecule has 0 bridgehead atoms. The molecule has 1 aliphatic heterocycles. The molecule has 1 fully saturated rings. The lowest BCUT2D eigenvalue weighted by molar-refractivity contribution is -0.123. The fraction of sp³-hybridized carbons (Fsp3) is 0.857. The summed E-state index contributed by atoms with van der Waals surface area (Å²) in [7, 11) is 1.67. The van der Waals surface area contributed by atoms with E-state index in [-0.39, 0.29) is 11.8 Å². The lowest BCUT2D eigenvalue weighted by Crippen LogP contribution is -2.45. The van der Waals surface area contributed by atoms with Gasteiger partial charge in [-0.15, -0.1) is 0 Å². The van der Waals surface area contributed by atoms with Crippen LogP contribution in [0.1, 0.15) is 19.8 Å². The minimum absolute atomic E-state index is 0.0190. The summed E-state index contributed by atoms with van der Waals surface area (Å²) >= 11 is 0. The standard InChI is InChI=1S/C14H28N4O3/c1-12(19)15-6-7-17-14(20)11-18(8-9-21-2)10-13-4-3-5-16-13/h13,16H,3-11H2,1-2H3,(H,15,19)(H,17,20). The van der Waals surface area contributed by atoms with Gasteiger partial charge in [0.2, 0.25) is 11.8 Å². The van der Waals surface area contributed by atoms with E-state index in [1.54, 1.807) is 7.11 Å². The third-order valence-corrected chi connectivity index (χ3v) is 3.44. The van der Waals surface area contributed by atoms with Gasteiger partial charge in [-0.2, -0.15) is 0 Å². The monoisotopic (exact) mass is 300 g/mol. The first-order chi connectivity index (χ1) is 10.1. The van der Waals surface area contributed by atoms with Crippen LogP contribution in [0.25, 0.3) is 0 Å². The van der Waals surface area contributed by atoms with Crippen molar-refractivity contribution < 1.29 is 14.3 Å². The van der Waals surface area contributed by atoms with Crippen molar-refractivity contribution in [3.63, 3.8) is 0 Å². The average Bonchev–Trinajstić information content (AvgIpc) is 2.93. The Kier molecular flexibility index (Phi) is 8.96. The summed E-state index contributed by atoms with van der Waals surface area (Å²) in [6.45, 7) is 6.03. The Labute approximate surface area is 126 Å². The van der Waals surface area contributed by atoms with Crippen molar-refractivity contribution >= 4 is 11.8 Å². The van der Waals surface area contributed by atoms with Crippen LogP contribution in [0.5, 0.6) is 0 Å². The maximum Gasteiger partial charge on any atom is 0.234 e. The number of nitrogens with zero attached hydrogens (tertiary/aromatic N) is 1. The molecule has 1 saturated heterocycles. The number of carbonyl (C=O) groups is 2. The van der Waals surface area contributed by atoms with Gasteiger partial charge in [-0.1, -0.05) is 0 Å². The molecular formula is C14H28N4O3. The molecule has 7 nitrogen and oxygen atoms in total. The fourth-order valence-corrected chi connectivity index (χ4v) is 2.38. The number of ether oxygens (including phenoxy) is 1. The van der Waals surface area contributed by atoms with E-state index in [0.717, 1.165) is 26.1 Å². The highest BCUT2D eigenvalue weighted by molar-refractivity contribution is 5.78. The van der Waals surface area contributed by atoms with Crippen molar-refractivity contribution in [2.24, 2.45) is 0 Å². The van der Waals surface area contributed by atoms with E-state index in [4.69, 9.17) is 4.74 Å². The molecule has 0 aromatic rings. The molecule has 0 aromatic carbocycles. The summed E-state index contributed by atoms with van der Waals surface area (Å²) in [5.41, 5.74) is 0. The van der Waals surface area contributed by atoms with Crippen LogP contribution in [-0.4, -0.2) is 75.7 Å². The van der Waals surface area contributed by atoms with Crippen molar-refractivity contribution in [2.75, 3.05) is 53.0 Å². The maximum atomic E-state index is 11.9. The molecule has 1 rings (SSSR count). The zero-order chi connectivity index (χ0) is 15.5. The summed E-state index contributed by atoms with van der Waals surface area (Å²) < 4.78 is 5.10. The predicted molar refractivity (Wildman–Crippen MR) is 81.0 cm³/mol. The highest BCUT2D eigenvalue weighted by atomic mass is 16.5. The van der Waals surface area contributed by atoms with E-state index < -0.39 is 0 Å². The third-order valence-electron chi connectivity index (χ3n) is 3.44. The highest BCUT2D eigenvalue weighted by Crippen LogP contribution is 2.06. The number of nitrogens with one attached hydrogen (secondary N) is 3. The van der Waals surface area contributed by atoms with Gasteiger partial charge in [0.05, 0.1) is 13.2 Å². The van der Waals surface area contributed by atoms with Gasteiger partial charge in [-0.25, -0.2) is 0 Å².